The quantitative estimate of drug-likeness (QED) is 0.651. The van der Waals surface area contributed by atoms with Crippen LogP contribution in [-0.4, -0.2) is 29.7 Å². The van der Waals surface area contributed by atoms with Gasteiger partial charge in [0.1, 0.15) is 6.04 Å². The molecule has 0 aliphatic heterocycles. The SMILES string of the molecule is CNC(=O)NC(=O)C(C)Nn1cccc1. The van der Waals surface area contributed by atoms with E-state index in [1.807, 2.05) is 12.1 Å². The summed E-state index contributed by atoms with van der Waals surface area (Å²) in [6.07, 6.45) is 3.54. The number of rotatable bonds is 3. The summed E-state index contributed by atoms with van der Waals surface area (Å²) in [6.45, 7) is 1.66. The zero-order valence-corrected chi connectivity index (χ0v) is 8.65. The molecule has 1 atom stereocenters. The highest BCUT2D eigenvalue weighted by molar-refractivity contribution is 5.97. The third kappa shape index (κ3) is 3.34. The molecule has 3 N–H and O–H groups in total. The molecule has 6 nitrogen and oxygen atoms in total. The fourth-order valence-corrected chi connectivity index (χ4v) is 0.985. The molecule has 3 amide bonds. The smallest absolute Gasteiger partial charge is 0.321 e. The molecule has 1 unspecified atom stereocenters. The summed E-state index contributed by atoms with van der Waals surface area (Å²) in [6, 6.07) is 2.66. The minimum Gasteiger partial charge on any atom is -0.341 e. The summed E-state index contributed by atoms with van der Waals surface area (Å²) in [4.78, 5) is 22.2. The van der Waals surface area contributed by atoms with Gasteiger partial charge in [0.25, 0.3) is 5.91 Å². The maximum Gasteiger partial charge on any atom is 0.321 e. The number of urea groups is 1. The van der Waals surface area contributed by atoms with Gasteiger partial charge in [-0.1, -0.05) is 0 Å². The minimum absolute atomic E-state index is 0.386. The molecule has 0 aromatic carbocycles. The molecule has 0 aliphatic carbocycles. The van der Waals surface area contributed by atoms with Crippen LogP contribution in [0.5, 0.6) is 0 Å². The fourth-order valence-electron chi connectivity index (χ4n) is 0.985. The second-order valence-corrected chi connectivity index (χ2v) is 3.01. The Morgan fingerprint density at radius 3 is 2.40 bits per heavy atom. The van der Waals surface area contributed by atoms with Crippen LogP contribution in [0.25, 0.3) is 0 Å². The molecule has 0 radical (unpaired) electrons. The van der Waals surface area contributed by atoms with E-state index in [1.54, 1.807) is 24.0 Å². The molecule has 0 bridgehead atoms. The van der Waals surface area contributed by atoms with Gasteiger partial charge in [0, 0.05) is 19.4 Å². The largest absolute Gasteiger partial charge is 0.341 e. The third-order valence-corrected chi connectivity index (χ3v) is 1.80. The number of amides is 3. The van der Waals surface area contributed by atoms with Crippen molar-refractivity contribution in [3.63, 3.8) is 0 Å². The second kappa shape index (κ2) is 5.04. The van der Waals surface area contributed by atoms with E-state index in [-0.39, 0.29) is 5.91 Å². The van der Waals surface area contributed by atoms with Crippen LogP contribution < -0.4 is 16.1 Å². The molecule has 1 rings (SSSR count). The average molecular weight is 210 g/mol. The van der Waals surface area contributed by atoms with Crippen LogP contribution in [0.4, 0.5) is 4.79 Å². The van der Waals surface area contributed by atoms with Gasteiger partial charge in [-0.05, 0) is 19.1 Å². The highest BCUT2D eigenvalue weighted by atomic mass is 16.2. The van der Waals surface area contributed by atoms with E-state index in [9.17, 15) is 9.59 Å². The Bertz CT molecular complexity index is 334. The number of hydrogen-bond acceptors (Lipinski definition) is 3. The summed E-state index contributed by atoms with van der Waals surface area (Å²) in [5, 5.41) is 4.48. The van der Waals surface area contributed by atoms with Crippen molar-refractivity contribution in [2.45, 2.75) is 13.0 Å². The maximum atomic E-state index is 11.4. The Labute approximate surface area is 87.6 Å². The number of imide groups is 1. The van der Waals surface area contributed by atoms with Gasteiger partial charge in [0.2, 0.25) is 0 Å². The number of aromatic nitrogens is 1. The Morgan fingerprint density at radius 2 is 1.87 bits per heavy atom. The first-order valence-corrected chi connectivity index (χ1v) is 4.55. The van der Waals surface area contributed by atoms with Crippen LogP contribution in [0.3, 0.4) is 0 Å². The fraction of sp³-hybridized carbons (Fsp3) is 0.333. The summed E-state index contributed by atoms with van der Waals surface area (Å²) in [5.41, 5.74) is 2.88. The van der Waals surface area contributed by atoms with Crippen LogP contribution in [0.15, 0.2) is 24.5 Å². The molecule has 82 valence electrons. The molecule has 0 aliphatic rings. The predicted octanol–water partition coefficient (Wildman–Crippen LogP) is -0.124. The molecule has 1 heterocycles. The maximum absolute atomic E-state index is 11.4. The van der Waals surface area contributed by atoms with Crippen molar-refractivity contribution in [2.75, 3.05) is 12.5 Å². The molecular formula is C9H14N4O2. The molecule has 0 saturated carbocycles. The lowest BCUT2D eigenvalue weighted by molar-refractivity contribution is -0.120. The second-order valence-electron chi connectivity index (χ2n) is 3.01. The first-order chi connectivity index (χ1) is 7.13. The summed E-state index contributed by atoms with van der Waals surface area (Å²) < 4.78 is 1.65. The zero-order valence-electron chi connectivity index (χ0n) is 8.65. The third-order valence-electron chi connectivity index (χ3n) is 1.80. The van der Waals surface area contributed by atoms with E-state index in [0.717, 1.165) is 0 Å². The highest BCUT2D eigenvalue weighted by Crippen LogP contribution is 1.90. The van der Waals surface area contributed by atoms with Crippen molar-refractivity contribution in [3.05, 3.63) is 24.5 Å². The molecule has 0 saturated heterocycles. The number of carbonyl (C=O) groups is 2. The van der Waals surface area contributed by atoms with Crippen LogP contribution >= 0.6 is 0 Å². The van der Waals surface area contributed by atoms with Gasteiger partial charge in [-0.25, -0.2) is 4.79 Å². The first kappa shape index (κ1) is 11.1. The number of nitrogens with zero attached hydrogens (tertiary/aromatic N) is 1. The lowest BCUT2D eigenvalue weighted by Gasteiger charge is -2.14. The summed E-state index contributed by atoms with van der Waals surface area (Å²) in [7, 11) is 1.45. The number of carbonyl (C=O) groups excluding carboxylic acids is 2. The lowest BCUT2D eigenvalue weighted by Crippen LogP contribution is -2.46. The molecule has 6 heteroatoms. The van der Waals surface area contributed by atoms with Crippen molar-refractivity contribution in [1.82, 2.24) is 15.3 Å². The van der Waals surface area contributed by atoms with Gasteiger partial charge in [0.15, 0.2) is 0 Å². The van der Waals surface area contributed by atoms with Crippen molar-refractivity contribution in [1.29, 1.82) is 0 Å². The van der Waals surface area contributed by atoms with Crippen molar-refractivity contribution in [3.8, 4) is 0 Å². The highest BCUT2D eigenvalue weighted by Gasteiger charge is 2.14. The van der Waals surface area contributed by atoms with Crippen LogP contribution in [0, 0.1) is 0 Å². The van der Waals surface area contributed by atoms with E-state index in [2.05, 4.69) is 16.1 Å². The molecule has 0 fully saturated rings. The van der Waals surface area contributed by atoms with Gasteiger partial charge >= 0.3 is 6.03 Å². The molecular weight excluding hydrogens is 196 g/mol. The number of nitrogens with one attached hydrogen (secondary N) is 3. The summed E-state index contributed by atoms with van der Waals surface area (Å²) >= 11 is 0. The van der Waals surface area contributed by atoms with Gasteiger partial charge in [-0.15, -0.1) is 0 Å². The molecule has 15 heavy (non-hydrogen) atoms. The van der Waals surface area contributed by atoms with E-state index in [0.29, 0.717) is 0 Å². The normalized spacial score (nSPS) is 11.6. The minimum atomic E-state index is -0.513. The Balaban J connectivity index is 2.43. The van der Waals surface area contributed by atoms with E-state index in [1.165, 1.54) is 7.05 Å². The Kier molecular flexibility index (Phi) is 3.73. The van der Waals surface area contributed by atoms with Crippen LogP contribution in [0.1, 0.15) is 6.92 Å². The van der Waals surface area contributed by atoms with Gasteiger partial charge in [0.05, 0.1) is 0 Å². The van der Waals surface area contributed by atoms with Crippen LogP contribution in [0.2, 0.25) is 0 Å². The topological polar surface area (TPSA) is 75.2 Å². The lowest BCUT2D eigenvalue weighted by atomic mass is 10.3. The van der Waals surface area contributed by atoms with Crippen molar-refractivity contribution < 1.29 is 9.59 Å². The molecule has 1 aromatic rings. The predicted molar refractivity (Wildman–Crippen MR) is 55.9 cm³/mol. The Hall–Kier alpha value is -1.98. The monoisotopic (exact) mass is 210 g/mol. The van der Waals surface area contributed by atoms with E-state index in [4.69, 9.17) is 0 Å². The Morgan fingerprint density at radius 1 is 1.27 bits per heavy atom. The van der Waals surface area contributed by atoms with Gasteiger partial charge in [-0.2, -0.15) is 0 Å². The van der Waals surface area contributed by atoms with Crippen molar-refractivity contribution in [2.24, 2.45) is 0 Å². The molecule has 1 aromatic heterocycles. The van der Waals surface area contributed by atoms with Crippen molar-refractivity contribution >= 4 is 11.9 Å². The number of hydrogen-bond donors (Lipinski definition) is 3. The van der Waals surface area contributed by atoms with Gasteiger partial charge in [-0.3, -0.25) is 14.8 Å². The zero-order chi connectivity index (χ0) is 11.3. The van der Waals surface area contributed by atoms with E-state index < -0.39 is 12.1 Å². The standard InChI is InChI=1S/C9H14N4O2/c1-7(8(14)11-9(15)10-2)12-13-5-3-4-6-13/h3-7,12H,1-2H3,(H2,10,11,14,15). The van der Waals surface area contributed by atoms with Crippen LogP contribution in [-0.2, 0) is 4.79 Å². The van der Waals surface area contributed by atoms with Gasteiger partial charge < -0.3 is 10.7 Å². The van der Waals surface area contributed by atoms with E-state index >= 15 is 0 Å². The average Bonchev–Trinajstić information content (AvgIpc) is 2.70. The summed E-state index contributed by atoms with van der Waals surface area (Å²) in [5.74, 6) is -0.386. The molecule has 0 spiro atoms. The first-order valence-electron chi connectivity index (χ1n) is 4.55.